The average molecular weight is 299 g/mol. The summed E-state index contributed by atoms with van der Waals surface area (Å²) in [6, 6.07) is 10.2. The summed E-state index contributed by atoms with van der Waals surface area (Å²) in [4.78, 5) is 14.7. The van der Waals surface area contributed by atoms with Gasteiger partial charge in [-0.25, -0.2) is 0 Å². The molecule has 0 aliphatic rings. The molecule has 0 saturated heterocycles. The molecule has 0 amide bonds. The standard InChI is InChI=1S/C18H25N3O/c1-13-5-6-14(2)16(11-13)17-8-7-15(12-19)18(22)21(17)10-9-20(3)4/h5-8,11H,9-10,12,19H2,1-4H3. The molecular weight excluding hydrogens is 274 g/mol. The maximum absolute atomic E-state index is 12.7. The predicted molar refractivity (Wildman–Crippen MR) is 92.1 cm³/mol. The van der Waals surface area contributed by atoms with Gasteiger partial charge in [-0.3, -0.25) is 4.79 Å². The van der Waals surface area contributed by atoms with Gasteiger partial charge < -0.3 is 15.2 Å². The van der Waals surface area contributed by atoms with E-state index in [2.05, 4.69) is 36.9 Å². The van der Waals surface area contributed by atoms with Gasteiger partial charge in [-0.15, -0.1) is 0 Å². The third-order valence-electron chi connectivity index (χ3n) is 3.91. The van der Waals surface area contributed by atoms with Crippen LogP contribution >= 0.6 is 0 Å². The Kier molecular flexibility index (Phi) is 5.16. The van der Waals surface area contributed by atoms with Crippen LogP contribution in [0.5, 0.6) is 0 Å². The minimum Gasteiger partial charge on any atom is -0.326 e. The Labute approximate surface area is 132 Å². The van der Waals surface area contributed by atoms with Crippen LogP contribution in [0.1, 0.15) is 16.7 Å². The maximum atomic E-state index is 12.7. The van der Waals surface area contributed by atoms with Gasteiger partial charge in [0.05, 0.1) is 5.69 Å². The summed E-state index contributed by atoms with van der Waals surface area (Å²) in [5.74, 6) is 0. The predicted octanol–water partition coefficient (Wildman–Crippen LogP) is 2.15. The van der Waals surface area contributed by atoms with Gasteiger partial charge in [-0.2, -0.15) is 0 Å². The Hall–Kier alpha value is -1.91. The molecular formula is C18H25N3O. The Balaban J connectivity index is 2.61. The second-order valence-electron chi connectivity index (χ2n) is 6.03. The van der Waals surface area contributed by atoms with Crippen LogP contribution < -0.4 is 11.3 Å². The number of pyridine rings is 1. The zero-order chi connectivity index (χ0) is 16.3. The van der Waals surface area contributed by atoms with Crippen molar-refractivity contribution in [3.8, 4) is 11.3 Å². The topological polar surface area (TPSA) is 51.3 Å². The molecule has 22 heavy (non-hydrogen) atoms. The fourth-order valence-corrected chi connectivity index (χ4v) is 2.55. The molecule has 0 bridgehead atoms. The molecule has 2 rings (SSSR count). The molecule has 0 aliphatic heterocycles. The first-order chi connectivity index (χ1) is 10.4. The number of hydrogen-bond acceptors (Lipinski definition) is 3. The van der Waals surface area contributed by atoms with Crippen LogP contribution in [0.15, 0.2) is 35.1 Å². The molecule has 1 aromatic carbocycles. The molecule has 0 unspecified atom stereocenters. The first-order valence-electron chi connectivity index (χ1n) is 7.59. The number of benzene rings is 1. The van der Waals surface area contributed by atoms with Crippen LogP contribution in [0.4, 0.5) is 0 Å². The van der Waals surface area contributed by atoms with Crippen molar-refractivity contribution in [3.63, 3.8) is 0 Å². The van der Waals surface area contributed by atoms with E-state index in [4.69, 9.17) is 5.73 Å². The second kappa shape index (κ2) is 6.90. The molecule has 0 aliphatic carbocycles. The summed E-state index contributed by atoms with van der Waals surface area (Å²) in [7, 11) is 4.02. The Morgan fingerprint density at radius 2 is 1.86 bits per heavy atom. The molecule has 2 aromatic rings. The third-order valence-corrected chi connectivity index (χ3v) is 3.91. The normalized spacial score (nSPS) is 11.2. The molecule has 4 nitrogen and oxygen atoms in total. The average Bonchev–Trinajstić information content (AvgIpc) is 2.48. The highest BCUT2D eigenvalue weighted by atomic mass is 16.1. The van der Waals surface area contributed by atoms with Gasteiger partial charge in [0.25, 0.3) is 5.56 Å². The zero-order valence-corrected chi connectivity index (χ0v) is 13.9. The van der Waals surface area contributed by atoms with Gasteiger partial charge in [0, 0.05) is 30.8 Å². The zero-order valence-electron chi connectivity index (χ0n) is 13.9. The molecule has 2 N–H and O–H groups in total. The van der Waals surface area contributed by atoms with Crippen LogP contribution in [0.3, 0.4) is 0 Å². The van der Waals surface area contributed by atoms with Gasteiger partial charge in [-0.05, 0) is 45.6 Å². The van der Waals surface area contributed by atoms with E-state index in [1.54, 1.807) is 0 Å². The van der Waals surface area contributed by atoms with Gasteiger partial charge in [-0.1, -0.05) is 23.8 Å². The van der Waals surface area contributed by atoms with E-state index in [1.807, 2.05) is 30.8 Å². The Bertz CT molecular complexity index is 717. The van der Waals surface area contributed by atoms with Crippen molar-refractivity contribution in [3.05, 3.63) is 57.4 Å². The summed E-state index contributed by atoms with van der Waals surface area (Å²) >= 11 is 0. The smallest absolute Gasteiger partial charge is 0.255 e. The first-order valence-corrected chi connectivity index (χ1v) is 7.59. The first kappa shape index (κ1) is 16.5. The van der Waals surface area contributed by atoms with Crippen molar-refractivity contribution >= 4 is 0 Å². The number of nitrogens with two attached hydrogens (primary N) is 1. The molecule has 0 saturated carbocycles. The van der Waals surface area contributed by atoms with Crippen molar-refractivity contribution in [1.29, 1.82) is 0 Å². The maximum Gasteiger partial charge on any atom is 0.255 e. The van der Waals surface area contributed by atoms with Gasteiger partial charge >= 0.3 is 0 Å². The van der Waals surface area contributed by atoms with Gasteiger partial charge in [0.15, 0.2) is 0 Å². The lowest BCUT2D eigenvalue weighted by Gasteiger charge is -2.18. The van der Waals surface area contributed by atoms with E-state index in [1.165, 1.54) is 11.1 Å². The van der Waals surface area contributed by atoms with E-state index in [0.717, 1.165) is 17.8 Å². The summed E-state index contributed by atoms with van der Waals surface area (Å²) in [5, 5.41) is 0. The van der Waals surface area contributed by atoms with Gasteiger partial charge in [0.2, 0.25) is 0 Å². The molecule has 0 spiro atoms. The van der Waals surface area contributed by atoms with E-state index in [9.17, 15) is 4.79 Å². The van der Waals surface area contributed by atoms with Crippen LogP contribution in [0, 0.1) is 13.8 Å². The summed E-state index contributed by atoms with van der Waals surface area (Å²) in [6.07, 6.45) is 0. The van der Waals surface area contributed by atoms with Crippen LogP contribution in [0.25, 0.3) is 11.3 Å². The lowest BCUT2D eigenvalue weighted by Crippen LogP contribution is -2.30. The van der Waals surface area contributed by atoms with Crippen LogP contribution in [-0.4, -0.2) is 30.1 Å². The summed E-state index contributed by atoms with van der Waals surface area (Å²) < 4.78 is 1.85. The number of likely N-dealkylation sites (N-methyl/N-ethyl adjacent to an activating group) is 1. The van der Waals surface area contributed by atoms with Crippen molar-refractivity contribution in [1.82, 2.24) is 9.47 Å². The van der Waals surface area contributed by atoms with E-state index >= 15 is 0 Å². The van der Waals surface area contributed by atoms with Crippen LogP contribution in [-0.2, 0) is 13.1 Å². The highest BCUT2D eigenvalue weighted by Gasteiger charge is 2.12. The fourth-order valence-electron chi connectivity index (χ4n) is 2.55. The second-order valence-corrected chi connectivity index (χ2v) is 6.03. The number of aromatic nitrogens is 1. The van der Waals surface area contributed by atoms with Crippen molar-refractivity contribution in [2.45, 2.75) is 26.9 Å². The molecule has 1 aromatic heterocycles. The monoisotopic (exact) mass is 299 g/mol. The van der Waals surface area contributed by atoms with Gasteiger partial charge in [0.1, 0.15) is 0 Å². The molecule has 1 heterocycles. The molecule has 0 radical (unpaired) electrons. The fraction of sp³-hybridized carbons (Fsp3) is 0.389. The van der Waals surface area contributed by atoms with Crippen molar-refractivity contribution in [2.75, 3.05) is 20.6 Å². The molecule has 0 atom stereocenters. The third kappa shape index (κ3) is 3.46. The Morgan fingerprint density at radius 1 is 1.14 bits per heavy atom. The number of rotatable bonds is 5. The van der Waals surface area contributed by atoms with Crippen LogP contribution in [0.2, 0.25) is 0 Å². The highest BCUT2D eigenvalue weighted by Crippen LogP contribution is 2.24. The van der Waals surface area contributed by atoms with E-state index < -0.39 is 0 Å². The lowest BCUT2D eigenvalue weighted by atomic mass is 10.0. The SMILES string of the molecule is Cc1ccc(C)c(-c2ccc(CN)c(=O)n2CCN(C)C)c1. The molecule has 118 valence electrons. The number of aryl methyl sites for hydroxylation is 2. The number of nitrogens with zero attached hydrogens (tertiary/aromatic N) is 2. The van der Waals surface area contributed by atoms with E-state index in [-0.39, 0.29) is 12.1 Å². The number of hydrogen-bond donors (Lipinski definition) is 1. The summed E-state index contributed by atoms with van der Waals surface area (Å²) in [6.45, 7) is 5.88. The quantitative estimate of drug-likeness (QED) is 0.920. The molecule has 0 fully saturated rings. The lowest BCUT2D eigenvalue weighted by molar-refractivity contribution is 0.381. The summed E-state index contributed by atoms with van der Waals surface area (Å²) in [5.41, 5.74) is 10.8. The molecule has 4 heteroatoms. The van der Waals surface area contributed by atoms with Crippen molar-refractivity contribution < 1.29 is 0 Å². The minimum atomic E-state index is 0.0164. The Morgan fingerprint density at radius 3 is 2.50 bits per heavy atom. The van der Waals surface area contributed by atoms with E-state index in [0.29, 0.717) is 12.1 Å². The van der Waals surface area contributed by atoms with Crippen molar-refractivity contribution in [2.24, 2.45) is 5.73 Å². The minimum absolute atomic E-state index is 0.0164. The largest absolute Gasteiger partial charge is 0.326 e. The highest BCUT2D eigenvalue weighted by molar-refractivity contribution is 5.65.